The van der Waals surface area contributed by atoms with E-state index in [2.05, 4.69) is 41.5 Å². The predicted octanol–water partition coefficient (Wildman–Crippen LogP) is 7.57. The Morgan fingerprint density at radius 1 is 0.783 bits per heavy atom. The van der Waals surface area contributed by atoms with Gasteiger partial charge in [-0.1, -0.05) is 67.2 Å². The Labute approximate surface area is 147 Å². The third kappa shape index (κ3) is 4.99. The lowest BCUT2D eigenvalue weighted by atomic mass is 9.58. The Bertz CT molecular complexity index is 323. The molecule has 0 spiro atoms. The molecule has 0 N–H and O–H groups in total. The molecule has 0 radical (unpaired) electrons. The summed E-state index contributed by atoms with van der Waals surface area (Å²) in [6.07, 6.45) is 13.4. The van der Waals surface area contributed by atoms with Crippen LogP contribution in [0.2, 0.25) is 0 Å². The minimum atomic E-state index is 0.873. The molecule has 2 aliphatic rings. The summed E-state index contributed by atoms with van der Waals surface area (Å²) in [6.45, 7) is 14.9. The van der Waals surface area contributed by atoms with Gasteiger partial charge in [0.2, 0.25) is 0 Å². The summed E-state index contributed by atoms with van der Waals surface area (Å²) in [6, 6.07) is 0. The first-order valence-corrected chi connectivity index (χ1v) is 10.9. The first-order chi connectivity index (χ1) is 10.9. The SMILES string of the molecule is CCC(CCC(C)C)C1CCC(C2CCC(C)CC2)C(C)C1C. The molecule has 0 aromatic heterocycles. The maximum absolute atomic E-state index is 2.61. The highest BCUT2D eigenvalue weighted by Crippen LogP contribution is 2.49. The maximum atomic E-state index is 2.61. The van der Waals surface area contributed by atoms with Crippen LogP contribution in [0.25, 0.3) is 0 Å². The van der Waals surface area contributed by atoms with Crippen LogP contribution in [0.15, 0.2) is 0 Å². The highest BCUT2D eigenvalue weighted by molar-refractivity contribution is 4.90. The van der Waals surface area contributed by atoms with Gasteiger partial charge in [-0.3, -0.25) is 0 Å². The Balaban J connectivity index is 1.93. The van der Waals surface area contributed by atoms with E-state index >= 15 is 0 Å². The minimum absolute atomic E-state index is 0.873. The van der Waals surface area contributed by atoms with Crippen molar-refractivity contribution in [1.29, 1.82) is 0 Å². The minimum Gasteiger partial charge on any atom is -0.0651 e. The van der Waals surface area contributed by atoms with E-state index in [4.69, 9.17) is 0 Å². The zero-order chi connectivity index (χ0) is 17.0. The molecule has 0 heteroatoms. The van der Waals surface area contributed by atoms with Crippen LogP contribution in [0, 0.1) is 47.3 Å². The average Bonchev–Trinajstić information content (AvgIpc) is 2.52. The molecule has 0 heterocycles. The van der Waals surface area contributed by atoms with Crippen molar-refractivity contribution in [3.63, 3.8) is 0 Å². The number of hydrogen-bond donors (Lipinski definition) is 0. The Kier molecular flexibility index (Phi) is 7.49. The third-order valence-electron chi connectivity index (χ3n) is 7.92. The van der Waals surface area contributed by atoms with Gasteiger partial charge >= 0.3 is 0 Å². The zero-order valence-corrected chi connectivity index (χ0v) is 17.0. The highest BCUT2D eigenvalue weighted by Gasteiger charge is 2.40. The molecule has 2 fully saturated rings. The summed E-state index contributed by atoms with van der Waals surface area (Å²) in [5.41, 5.74) is 0. The van der Waals surface area contributed by atoms with Crippen molar-refractivity contribution in [3.05, 3.63) is 0 Å². The van der Waals surface area contributed by atoms with Crippen molar-refractivity contribution in [3.8, 4) is 0 Å². The van der Waals surface area contributed by atoms with E-state index in [0.29, 0.717) is 0 Å². The lowest BCUT2D eigenvalue weighted by Crippen LogP contribution is -2.39. The first-order valence-electron chi connectivity index (χ1n) is 10.9. The van der Waals surface area contributed by atoms with E-state index in [1.54, 1.807) is 0 Å². The van der Waals surface area contributed by atoms with Crippen LogP contribution in [-0.2, 0) is 0 Å². The van der Waals surface area contributed by atoms with Crippen molar-refractivity contribution in [2.75, 3.05) is 0 Å². The second kappa shape index (κ2) is 8.91. The third-order valence-corrected chi connectivity index (χ3v) is 7.92. The van der Waals surface area contributed by atoms with E-state index in [-0.39, 0.29) is 0 Å². The molecular weight excluding hydrogens is 276 g/mol. The summed E-state index contributed by atoms with van der Waals surface area (Å²) in [5.74, 6) is 7.87. The average molecular weight is 321 g/mol. The van der Waals surface area contributed by atoms with E-state index in [0.717, 1.165) is 47.3 Å². The van der Waals surface area contributed by atoms with Gasteiger partial charge in [0.05, 0.1) is 0 Å². The normalized spacial score (nSPS) is 40.3. The fraction of sp³-hybridized carbons (Fsp3) is 1.00. The molecule has 0 aromatic rings. The molecule has 0 aliphatic heterocycles. The molecular formula is C23H44. The van der Waals surface area contributed by atoms with Crippen molar-refractivity contribution < 1.29 is 0 Å². The van der Waals surface area contributed by atoms with Gasteiger partial charge < -0.3 is 0 Å². The summed E-state index contributed by atoms with van der Waals surface area (Å²) >= 11 is 0. The molecule has 2 rings (SSSR count). The summed E-state index contributed by atoms with van der Waals surface area (Å²) < 4.78 is 0. The lowest BCUT2D eigenvalue weighted by Gasteiger charge is -2.47. The largest absolute Gasteiger partial charge is 0.0651 e. The first kappa shape index (κ1) is 19.3. The predicted molar refractivity (Wildman–Crippen MR) is 104 cm³/mol. The molecule has 136 valence electrons. The second-order valence-electron chi connectivity index (χ2n) is 9.78. The molecule has 5 unspecified atom stereocenters. The Hall–Kier alpha value is 0. The summed E-state index contributed by atoms with van der Waals surface area (Å²) in [5, 5.41) is 0. The van der Waals surface area contributed by atoms with Crippen LogP contribution in [0.5, 0.6) is 0 Å². The van der Waals surface area contributed by atoms with Gasteiger partial charge in [0.25, 0.3) is 0 Å². The molecule has 0 aromatic carbocycles. The Morgan fingerprint density at radius 3 is 2.00 bits per heavy atom. The maximum Gasteiger partial charge on any atom is -0.0357 e. The monoisotopic (exact) mass is 320 g/mol. The fourth-order valence-electron chi connectivity index (χ4n) is 6.00. The van der Waals surface area contributed by atoms with Crippen LogP contribution < -0.4 is 0 Å². The van der Waals surface area contributed by atoms with Crippen LogP contribution >= 0.6 is 0 Å². The van der Waals surface area contributed by atoms with Crippen molar-refractivity contribution in [1.82, 2.24) is 0 Å². The van der Waals surface area contributed by atoms with Crippen LogP contribution in [0.3, 0.4) is 0 Å². The molecule has 2 saturated carbocycles. The summed E-state index contributed by atoms with van der Waals surface area (Å²) in [7, 11) is 0. The second-order valence-corrected chi connectivity index (χ2v) is 9.78. The Morgan fingerprint density at radius 2 is 1.43 bits per heavy atom. The molecule has 0 saturated heterocycles. The fourth-order valence-corrected chi connectivity index (χ4v) is 6.00. The van der Waals surface area contributed by atoms with Gasteiger partial charge in [0.1, 0.15) is 0 Å². The van der Waals surface area contributed by atoms with Gasteiger partial charge in [-0.25, -0.2) is 0 Å². The van der Waals surface area contributed by atoms with Crippen LogP contribution in [0.4, 0.5) is 0 Å². The molecule has 5 atom stereocenters. The van der Waals surface area contributed by atoms with Gasteiger partial charge in [0.15, 0.2) is 0 Å². The van der Waals surface area contributed by atoms with E-state index in [1.165, 1.54) is 57.8 Å². The van der Waals surface area contributed by atoms with Crippen molar-refractivity contribution in [2.45, 2.75) is 99.3 Å². The van der Waals surface area contributed by atoms with Gasteiger partial charge in [-0.05, 0) is 79.4 Å². The number of rotatable bonds is 6. The van der Waals surface area contributed by atoms with Crippen molar-refractivity contribution >= 4 is 0 Å². The van der Waals surface area contributed by atoms with Crippen LogP contribution in [-0.4, -0.2) is 0 Å². The topological polar surface area (TPSA) is 0 Å². The quantitative estimate of drug-likeness (QED) is 0.473. The van der Waals surface area contributed by atoms with E-state index in [1.807, 2.05) is 0 Å². The molecule has 2 aliphatic carbocycles. The molecule has 0 nitrogen and oxygen atoms in total. The standard InChI is InChI=1S/C23H44/c1-7-20(11-8-16(2)3)22-14-15-23(19(6)18(22)5)21-12-9-17(4)10-13-21/h16-23H,7-15H2,1-6H3. The molecule has 0 amide bonds. The van der Waals surface area contributed by atoms with E-state index in [9.17, 15) is 0 Å². The van der Waals surface area contributed by atoms with Gasteiger partial charge in [-0.2, -0.15) is 0 Å². The molecule has 23 heavy (non-hydrogen) atoms. The molecule has 0 bridgehead atoms. The van der Waals surface area contributed by atoms with Crippen molar-refractivity contribution in [2.24, 2.45) is 47.3 Å². The number of hydrogen-bond acceptors (Lipinski definition) is 0. The summed E-state index contributed by atoms with van der Waals surface area (Å²) in [4.78, 5) is 0. The highest BCUT2D eigenvalue weighted by atomic mass is 14.5. The van der Waals surface area contributed by atoms with Gasteiger partial charge in [-0.15, -0.1) is 0 Å². The van der Waals surface area contributed by atoms with E-state index < -0.39 is 0 Å². The van der Waals surface area contributed by atoms with Gasteiger partial charge in [0, 0.05) is 0 Å². The smallest absolute Gasteiger partial charge is 0.0357 e. The lowest BCUT2D eigenvalue weighted by molar-refractivity contribution is 0.0251. The van der Waals surface area contributed by atoms with Crippen LogP contribution in [0.1, 0.15) is 99.3 Å². The zero-order valence-electron chi connectivity index (χ0n) is 17.0.